The van der Waals surface area contributed by atoms with Crippen LogP contribution in [0.4, 0.5) is 24.7 Å². The number of pyridine rings is 1. The van der Waals surface area contributed by atoms with Gasteiger partial charge in [0.1, 0.15) is 5.82 Å². The number of benzene rings is 3. The van der Waals surface area contributed by atoms with E-state index < -0.39 is 40.3 Å². The van der Waals surface area contributed by atoms with Crippen molar-refractivity contribution in [2.75, 3.05) is 17.7 Å². The summed E-state index contributed by atoms with van der Waals surface area (Å²) in [5.74, 6) is -3.47. The predicted molar refractivity (Wildman–Crippen MR) is 179 cm³/mol. The summed E-state index contributed by atoms with van der Waals surface area (Å²) in [6, 6.07) is 15.6. The first-order chi connectivity index (χ1) is 23.6. The Labute approximate surface area is 286 Å². The van der Waals surface area contributed by atoms with Crippen LogP contribution in [0.5, 0.6) is 11.5 Å². The lowest BCUT2D eigenvalue weighted by Crippen LogP contribution is -2.54. The number of rotatable bonds is 14. The number of nitrogen functional groups attached to an aromatic ring is 1. The number of hydrogen-bond acceptors (Lipinski definition) is 10. The summed E-state index contributed by atoms with van der Waals surface area (Å²) in [5, 5.41) is 6.26. The number of amides is 1. The van der Waals surface area contributed by atoms with Crippen molar-refractivity contribution >= 4 is 44.2 Å². The van der Waals surface area contributed by atoms with Gasteiger partial charge >= 0.3 is 12.1 Å². The van der Waals surface area contributed by atoms with Crippen LogP contribution in [-0.2, 0) is 36.6 Å². The van der Waals surface area contributed by atoms with Crippen molar-refractivity contribution in [3.05, 3.63) is 84.1 Å². The molecule has 0 aliphatic heterocycles. The number of nitrogens with one attached hydrogen (secondary N) is 3. The number of sulfonamides is 1. The smallest absolute Gasteiger partial charge is 0.490 e. The molecular formula is C34H36F3N5O7S. The van der Waals surface area contributed by atoms with Crippen LogP contribution < -0.4 is 30.6 Å². The maximum Gasteiger partial charge on any atom is 0.491 e. The maximum absolute atomic E-state index is 14.4. The fraction of sp³-hybridized carbons (Fsp3) is 0.324. The number of ether oxygens (including phenoxy) is 3. The van der Waals surface area contributed by atoms with E-state index in [9.17, 15) is 31.2 Å². The summed E-state index contributed by atoms with van der Waals surface area (Å²) < 4.78 is 87.3. The van der Waals surface area contributed by atoms with Gasteiger partial charge in [-0.3, -0.25) is 4.79 Å². The topological polar surface area (TPSA) is 171 Å². The summed E-state index contributed by atoms with van der Waals surface area (Å²) in [4.78, 5) is 31.0. The van der Waals surface area contributed by atoms with Crippen molar-refractivity contribution in [1.82, 2.24) is 15.0 Å². The highest BCUT2D eigenvalue weighted by molar-refractivity contribution is 7.89. The molecule has 5 N–H and O–H groups in total. The molecule has 1 heterocycles. The van der Waals surface area contributed by atoms with Crippen LogP contribution in [0, 0.1) is 0 Å². The third kappa shape index (κ3) is 8.19. The number of carbonyl (C=O) groups is 2. The van der Waals surface area contributed by atoms with Gasteiger partial charge in [0.25, 0.3) is 11.6 Å². The maximum atomic E-state index is 14.4. The highest BCUT2D eigenvalue weighted by atomic mass is 32.2. The number of esters is 1. The first-order valence-corrected chi connectivity index (χ1v) is 17.2. The molecule has 1 atom stereocenters. The number of alkyl halides is 3. The molecule has 1 aliphatic carbocycles. The molecule has 0 spiro atoms. The lowest BCUT2D eigenvalue weighted by atomic mass is 9.99. The highest BCUT2D eigenvalue weighted by Gasteiger charge is 2.52. The highest BCUT2D eigenvalue weighted by Crippen LogP contribution is 2.38. The zero-order valence-electron chi connectivity index (χ0n) is 27.3. The Morgan fingerprint density at radius 2 is 1.76 bits per heavy atom. The van der Waals surface area contributed by atoms with E-state index in [0.29, 0.717) is 23.6 Å². The van der Waals surface area contributed by atoms with Crippen LogP contribution in [0.2, 0.25) is 0 Å². The fourth-order valence-corrected chi connectivity index (χ4v) is 6.66. The van der Waals surface area contributed by atoms with Gasteiger partial charge in [0.05, 0.1) is 17.6 Å². The zero-order chi connectivity index (χ0) is 36.3. The van der Waals surface area contributed by atoms with E-state index >= 15 is 0 Å². The van der Waals surface area contributed by atoms with E-state index in [0.717, 1.165) is 0 Å². The van der Waals surface area contributed by atoms with Crippen LogP contribution in [-0.4, -0.2) is 50.2 Å². The first-order valence-electron chi connectivity index (χ1n) is 15.7. The van der Waals surface area contributed by atoms with Gasteiger partial charge in [0.15, 0.2) is 11.5 Å². The predicted octanol–water partition coefficient (Wildman–Crippen LogP) is 5.13. The number of aromatic nitrogens is 1. The minimum atomic E-state index is -5.52. The van der Waals surface area contributed by atoms with Gasteiger partial charge < -0.3 is 30.6 Å². The first kappa shape index (κ1) is 36.2. The van der Waals surface area contributed by atoms with Gasteiger partial charge in [-0.1, -0.05) is 18.2 Å². The van der Waals surface area contributed by atoms with E-state index in [4.69, 9.17) is 19.9 Å². The Hall–Kier alpha value is -5.09. The van der Waals surface area contributed by atoms with Gasteiger partial charge in [0, 0.05) is 35.4 Å². The minimum Gasteiger partial charge on any atom is -0.490 e. The van der Waals surface area contributed by atoms with Gasteiger partial charge in [-0.2, -0.15) is 13.2 Å². The summed E-state index contributed by atoms with van der Waals surface area (Å²) in [6.45, 7) is 4.84. The second-order valence-corrected chi connectivity index (χ2v) is 13.5. The number of fused-ring (bicyclic) bond motifs is 1. The Morgan fingerprint density at radius 3 is 2.44 bits per heavy atom. The SMILES string of the molecule is CCOc1cc(C(Nc2ccc3c(N)nccc3c2)(OC(=O)C(F)(F)F)C(=O)NCc2ccccc2S(=O)(=O)NC2CC2)ccc1OC(C)C. The number of nitrogens with two attached hydrogens (primary N) is 1. The van der Waals surface area contributed by atoms with Crippen molar-refractivity contribution in [3.8, 4) is 11.5 Å². The van der Waals surface area contributed by atoms with E-state index in [1.54, 1.807) is 32.9 Å². The number of carbonyl (C=O) groups excluding carboxylic acids is 2. The standard InChI is InChI=1S/C34H36F3N5O7S/c1-4-47-28-18-23(9-14-27(28)48-20(2)3)33(49-32(44)34(35,36)37,41-25-12-13-26-21(17-25)15-16-39-30(26)38)31(43)40-19-22-7-5-6-8-29(22)50(45,46)42-24-10-11-24/h5-9,12-18,20,24,41-42H,4,10-11,19H2,1-3H3,(H2,38,39)(H,40,43). The van der Waals surface area contributed by atoms with Crippen molar-refractivity contribution in [2.45, 2.75) is 69.1 Å². The van der Waals surface area contributed by atoms with E-state index in [1.165, 1.54) is 60.8 Å². The van der Waals surface area contributed by atoms with Gasteiger partial charge in [-0.05, 0) is 93.1 Å². The monoisotopic (exact) mass is 715 g/mol. The van der Waals surface area contributed by atoms with Gasteiger partial charge in [-0.15, -0.1) is 0 Å². The Morgan fingerprint density at radius 1 is 1.02 bits per heavy atom. The third-order valence-electron chi connectivity index (χ3n) is 7.53. The summed E-state index contributed by atoms with van der Waals surface area (Å²) in [5.41, 5.74) is 3.01. The number of anilines is 2. The van der Waals surface area contributed by atoms with Gasteiger partial charge in [-0.25, -0.2) is 22.9 Å². The lowest BCUT2D eigenvalue weighted by Gasteiger charge is -2.35. The second-order valence-electron chi connectivity index (χ2n) is 11.8. The van der Waals surface area contributed by atoms with Crippen molar-refractivity contribution in [3.63, 3.8) is 0 Å². The molecular weight excluding hydrogens is 679 g/mol. The molecule has 3 aromatic carbocycles. The molecule has 1 amide bonds. The van der Waals surface area contributed by atoms with E-state index in [-0.39, 0.29) is 57.8 Å². The minimum absolute atomic E-state index is 0.0562. The summed E-state index contributed by atoms with van der Waals surface area (Å²) in [6.07, 6.45) is -3.05. The average Bonchev–Trinajstić information content (AvgIpc) is 3.87. The molecule has 1 aromatic heterocycles. The number of halogens is 3. The molecule has 1 unspecified atom stereocenters. The Kier molecular flexibility index (Phi) is 10.4. The average molecular weight is 716 g/mol. The molecule has 266 valence electrons. The largest absolute Gasteiger partial charge is 0.491 e. The summed E-state index contributed by atoms with van der Waals surface area (Å²) in [7, 11) is -4.00. The molecule has 4 aromatic rings. The molecule has 1 saturated carbocycles. The second kappa shape index (κ2) is 14.4. The quantitative estimate of drug-likeness (QED) is 0.101. The molecule has 0 bridgehead atoms. The van der Waals surface area contributed by atoms with Crippen molar-refractivity contribution in [2.24, 2.45) is 0 Å². The Bertz CT molecular complexity index is 2010. The normalized spacial score (nSPS) is 14.5. The van der Waals surface area contributed by atoms with E-state index in [1.807, 2.05) is 0 Å². The van der Waals surface area contributed by atoms with Crippen LogP contribution in [0.15, 0.2) is 77.8 Å². The molecule has 5 rings (SSSR count). The van der Waals surface area contributed by atoms with Crippen LogP contribution in [0.3, 0.4) is 0 Å². The molecule has 1 aliphatic rings. The third-order valence-corrected chi connectivity index (χ3v) is 9.15. The van der Waals surface area contributed by atoms with E-state index in [2.05, 4.69) is 20.3 Å². The molecule has 0 saturated heterocycles. The van der Waals surface area contributed by atoms with Gasteiger partial charge in [0.2, 0.25) is 10.0 Å². The number of hydrogen-bond donors (Lipinski definition) is 4. The molecule has 1 fully saturated rings. The lowest BCUT2D eigenvalue weighted by molar-refractivity contribution is -0.213. The summed E-state index contributed by atoms with van der Waals surface area (Å²) >= 11 is 0. The molecule has 16 heteroatoms. The molecule has 12 nitrogen and oxygen atoms in total. The van der Waals surface area contributed by atoms with Crippen LogP contribution >= 0.6 is 0 Å². The zero-order valence-corrected chi connectivity index (χ0v) is 28.2. The van der Waals surface area contributed by atoms with Crippen LogP contribution in [0.1, 0.15) is 44.7 Å². The van der Waals surface area contributed by atoms with Crippen LogP contribution in [0.25, 0.3) is 10.8 Å². The van der Waals surface area contributed by atoms with Crippen molar-refractivity contribution < 1.29 is 45.4 Å². The Balaban J connectivity index is 1.64. The number of nitrogens with zero attached hydrogens (tertiary/aromatic N) is 1. The molecule has 50 heavy (non-hydrogen) atoms. The molecule has 0 radical (unpaired) electrons. The van der Waals surface area contributed by atoms with Crippen molar-refractivity contribution in [1.29, 1.82) is 0 Å². The fourth-order valence-electron chi connectivity index (χ4n) is 5.11.